The largest absolute Gasteiger partial charge is 0.380 e. The Hall–Kier alpha value is -1.67. The highest BCUT2D eigenvalue weighted by Gasteiger charge is 2.30. The van der Waals surface area contributed by atoms with E-state index in [0.717, 1.165) is 17.5 Å². The molecular formula is C15H17NO. The molecule has 0 spiro atoms. The first-order chi connectivity index (χ1) is 8.27. The van der Waals surface area contributed by atoms with E-state index in [1.807, 2.05) is 42.5 Å². The SMILES string of the molecule is CCCC(O)(c1ccccc1)c1cccnc1. The molecule has 1 aromatic carbocycles. The van der Waals surface area contributed by atoms with Gasteiger partial charge in [-0.05, 0) is 18.1 Å². The predicted octanol–water partition coefficient (Wildman–Crippen LogP) is 3.12. The Bertz CT molecular complexity index is 413. The molecule has 1 aromatic heterocycles. The highest BCUT2D eigenvalue weighted by Crippen LogP contribution is 2.33. The molecule has 0 aliphatic heterocycles. The minimum Gasteiger partial charge on any atom is -0.380 e. The molecule has 0 saturated heterocycles. The minimum absolute atomic E-state index is 0.697. The van der Waals surface area contributed by atoms with Crippen molar-refractivity contribution in [3.63, 3.8) is 0 Å². The summed E-state index contributed by atoms with van der Waals surface area (Å²) in [5.41, 5.74) is 0.854. The number of aliphatic hydroxyl groups is 1. The molecule has 0 radical (unpaired) electrons. The first-order valence-electron chi connectivity index (χ1n) is 5.96. The topological polar surface area (TPSA) is 33.1 Å². The van der Waals surface area contributed by atoms with Gasteiger partial charge in [-0.1, -0.05) is 49.7 Å². The van der Waals surface area contributed by atoms with E-state index in [-0.39, 0.29) is 0 Å². The van der Waals surface area contributed by atoms with Crippen LogP contribution in [0.1, 0.15) is 30.9 Å². The first kappa shape index (κ1) is 11.8. The fraction of sp³-hybridized carbons (Fsp3) is 0.267. The van der Waals surface area contributed by atoms with Gasteiger partial charge in [0.2, 0.25) is 0 Å². The molecule has 2 aromatic rings. The number of hydrogen-bond acceptors (Lipinski definition) is 2. The quantitative estimate of drug-likeness (QED) is 0.870. The molecule has 0 amide bonds. The zero-order valence-corrected chi connectivity index (χ0v) is 10.0. The van der Waals surface area contributed by atoms with Crippen molar-refractivity contribution in [3.8, 4) is 0 Å². The summed E-state index contributed by atoms with van der Waals surface area (Å²) in [5, 5.41) is 10.9. The van der Waals surface area contributed by atoms with Gasteiger partial charge in [-0.3, -0.25) is 4.98 Å². The summed E-state index contributed by atoms with van der Waals surface area (Å²) >= 11 is 0. The molecular weight excluding hydrogens is 210 g/mol. The van der Waals surface area contributed by atoms with Crippen molar-refractivity contribution in [1.29, 1.82) is 0 Å². The molecule has 88 valence electrons. The van der Waals surface area contributed by atoms with Gasteiger partial charge in [0, 0.05) is 18.0 Å². The van der Waals surface area contributed by atoms with Crippen LogP contribution in [-0.4, -0.2) is 10.1 Å². The van der Waals surface area contributed by atoms with Gasteiger partial charge in [0.05, 0.1) is 0 Å². The summed E-state index contributed by atoms with van der Waals surface area (Å²) in [6.45, 7) is 2.07. The van der Waals surface area contributed by atoms with Crippen LogP contribution < -0.4 is 0 Å². The lowest BCUT2D eigenvalue weighted by Crippen LogP contribution is -2.27. The van der Waals surface area contributed by atoms with E-state index in [4.69, 9.17) is 0 Å². The summed E-state index contributed by atoms with van der Waals surface area (Å²) < 4.78 is 0. The van der Waals surface area contributed by atoms with Crippen LogP contribution in [0.25, 0.3) is 0 Å². The van der Waals surface area contributed by atoms with Crippen molar-refractivity contribution in [2.75, 3.05) is 0 Å². The van der Waals surface area contributed by atoms with Crippen LogP contribution in [0, 0.1) is 0 Å². The smallest absolute Gasteiger partial charge is 0.116 e. The van der Waals surface area contributed by atoms with Crippen LogP contribution in [0.5, 0.6) is 0 Å². The second-order valence-corrected chi connectivity index (χ2v) is 4.22. The second-order valence-electron chi connectivity index (χ2n) is 4.22. The van der Waals surface area contributed by atoms with E-state index in [9.17, 15) is 5.11 Å². The van der Waals surface area contributed by atoms with E-state index >= 15 is 0 Å². The summed E-state index contributed by atoms with van der Waals surface area (Å²) in [5.74, 6) is 0. The summed E-state index contributed by atoms with van der Waals surface area (Å²) in [6, 6.07) is 13.6. The van der Waals surface area contributed by atoms with Crippen LogP contribution in [-0.2, 0) is 5.60 Å². The Labute approximate surface area is 102 Å². The highest BCUT2D eigenvalue weighted by atomic mass is 16.3. The third-order valence-electron chi connectivity index (χ3n) is 3.00. The number of pyridine rings is 1. The fourth-order valence-corrected chi connectivity index (χ4v) is 2.14. The van der Waals surface area contributed by atoms with Crippen LogP contribution in [0.3, 0.4) is 0 Å². The lowest BCUT2D eigenvalue weighted by Gasteiger charge is -2.28. The number of rotatable bonds is 4. The molecule has 0 bridgehead atoms. The maximum Gasteiger partial charge on any atom is 0.116 e. The van der Waals surface area contributed by atoms with Gasteiger partial charge >= 0.3 is 0 Å². The van der Waals surface area contributed by atoms with Gasteiger partial charge in [0.1, 0.15) is 5.60 Å². The van der Waals surface area contributed by atoms with Gasteiger partial charge < -0.3 is 5.11 Å². The molecule has 1 unspecified atom stereocenters. The Morgan fingerprint density at radius 3 is 2.35 bits per heavy atom. The van der Waals surface area contributed by atoms with Crippen LogP contribution in [0.2, 0.25) is 0 Å². The zero-order chi connectivity index (χ0) is 12.1. The van der Waals surface area contributed by atoms with Gasteiger partial charge in [-0.25, -0.2) is 0 Å². The molecule has 0 saturated carbocycles. The third-order valence-corrected chi connectivity index (χ3v) is 3.00. The summed E-state index contributed by atoms with van der Waals surface area (Å²) in [7, 11) is 0. The molecule has 17 heavy (non-hydrogen) atoms. The zero-order valence-electron chi connectivity index (χ0n) is 10.0. The standard InChI is InChI=1S/C15H17NO/c1-2-10-15(17,13-7-4-3-5-8-13)14-9-6-11-16-12-14/h3-9,11-12,17H,2,10H2,1H3. The summed E-state index contributed by atoms with van der Waals surface area (Å²) in [4.78, 5) is 4.10. The molecule has 1 atom stereocenters. The van der Waals surface area contributed by atoms with E-state index in [1.54, 1.807) is 12.4 Å². The number of benzene rings is 1. The van der Waals surface area contributed by atoms with Gasteiger partial charge in [-0.2, -0.15) is 0 Å². The van der Waals surface area contributed by atoms with Crippen molar-refractivity contribution in [1.82, 2.24) is 4.98 Å². The Morgan fingerprint density at radius 2 is 1.76 bits per heavy atom. The van der Waals surface area contributed by atoms with E-state index < -0.39 is 5.60 Å². The van der Waals surface area contributed by atoms with E-state index in [0.29, 0.717) is 6.42 Å². The van der Waals surface area contributed by atoms with Crippen molar-refractivity contribution < 1.29 is 5.11 Å². The van der Waals surface area contributed by atoms with Gasteiger partial charge in [-0.15, -0.1) is 0 Å². The Balaban J connectivity index is 2.47. The third kappa shape index (κ3) is 2.37. The van der Waals surface area contributed by atoms with Crippen LogP contribution >= 0.6 is 0 Å². The van der Waals surface area contributed by atoms with Gasteiger partial charge in [0.25, 0.3) is 0 Å². The van der Waals surface area contributed by atoms with Crippen molar-refractivity contribution in [3.05, 3.63) is 66.0 Å². The van der Waals surface area contributed by atoms with Gasteiger partial charge in [0.15, 0.2) is 0 Å². The van der Waals surface area contributed by atoms with Crippen LogP contribution in [0.15, 0.2) is 54.9 Å². The maximum atomic E-state index is 10.9. The molecule has 0 fully saturated rings. The fourth-order valence-electron chi connectivity index (χ4n) is 2.14. The van der Waals surface area contributed by atoms with Crippen LogP contribution in [0.4, 0.5) is 0 Å². The Kier molecular flexibility index (Phi) is 3.55. The second kappa shape index (κ2) is 5.11. The average Bonchev–Trinajstić information content (AvgIpc) is 2.41. The van der Waals surface area contributed by atoms with E-state index in [2.05, 4.69) is 11.9 Å². The van der Waals surface area contributed by atoms with Crippen molar-refractivity contribution in [2.45, 2.75) is 25.4 Å². The lowest BCUT2D eigenvalue weighted by molar-refractivity contribution is 0.0698. The monoisotopic (exact) mass is 227 g/mol. The molecule has 2 heteroatoms. The predicted molar refractivity (Wildman–Crippen MR) is 68.6 cm³/mol. The molecule has 2 nitrogen and oxygen atoms in total. The first-order valence-corrected chi connectivity index (χ1v) is 5.96. The van der Waals surface area contributed by atoms with Crippen molar-refractivity contribution >= 4 is 0 Å². The highest BCUT2D eigenvalue weighted by molar-refractivity contribution is 5.34. The number of aromatic nitrogens is 1. The molecule has 1 N–H and O–H groups in total. The lowest BCUT2D eigenvalue weighted by atomic mass is 9.84. The molecule has 1 heterocycles. The Morgan fingerprint density at radius 1 is 1.06 bits per heavy atom. The number of nitrogens with zero attached hydrogens (tertiary/aromatic N) is 1. The van der Waals surface area contributed by atoms with Crippen molar-refractivity contribution in [2.24, 2.45) is 0 Å². The maximum absolute atomic E-state index is 10.9. The molecule has 0 aliphatic carbocycles. The average molecular weight is 227 g/mol. The minimum atomic E-state index is -0.926. The summed E-state index contributed by atoms with van der Waals surface area (Å²) in [6.07, 6.45) is 5.08. The normalized spacial score (nSPS) is 14.2. The van der Waals surface area contributed by atoms with E-state index in [1.165, 1.54) is 0 Å². The molecule has 2 rings (SSSR count). The molecule has 0 aliphatic rings. The number of hydrogen-bond donors (Lipinski definition) is 1.